The molecule has 0 saturated carbocycles. The zero-order valence-electron chi connectivity index (χ0n) is 83.2. The van der Waals surface area contributed by atoms with Crippen LogP contribution in [0.3, 0.4) is 0 Å². The standard InChI is InChI=1S/C102H80B2N4O/c1-100(2,3)69-55-77(64-34-17-11-18-35-64)96(78(56-69)65-36-19-12-20-37-65)107-87-61-72(105-84-47-28-25-42-73(84)74-43-26-29-48-85(74)105)51-53-81(87)104-93-88(107)59-71(102(7,8)9)60-89(93)108(97-79(66-38-21-13-22-39-66)57-70(101(4,5)6)58-80(97)67-40-23-14-24-41-67)91-62-90-94-99(95(91)104)109-92-54-68(63-32-15-10-16-33-63)50-52-82(92)103(94)83-46-31-45-76-75-44-27-30-49-86(75)106(90)98(76)83/h10-62H,1-9H3/i25D,26D,27D,28D,29D,30D,31D,42D,43D,44D,45D,46D,47D,48D,49D,50D,51D,52D,53D,54D,61D,62D. The highest BCUT2D eigenvalue weighted by Gasteiger charge is 2.52. The number of anilines is 6. The second-order valence-electron chi connectivity index (χ2n) is 31.8. The quantitative estimate of drug-likeness (QED) is 0.142. The summed E-state index contributed by atoms with van der Waals surface area (Å²) in [5.74, 6) is -0.516. The number of ether oxygens (including phenoxy) is 1. The minimum atomic E-state index is -1.67. The molecule has 0 atom stereocenters. The van der Waals surface area contributed by atoms with Gasteiger partial charge in [0, 0.05) is 83.4 Å². The van der Waals surface area contributed by atoms with Gasteiger partial charge < -0.3 is 23.7 Å². The highest BCUT2D eigenvalue weighted by Crippen LogP contribution is 2.57. The zero-order valence-corrected chi connectivity index (χ0v) is 61.2. The summed E-state index contributed by atoms with van der Waals surface area (Å²) >= 11 is 0. The smallest absolute Gasteiger partial charge is 0.256 e. The predicted octanol–water partition coefficient (Wildman–Crippen LogP) is 23.1. The van der Waals surface area contributed by atoms with Crippen LogP contribution in [0.1, 0.15) is 109 Å². The van der Waals surface area contributed by atoms with Crippen LogP contribution in [0.2, 0.25) is 0 Å². The van der Waals surface area contributed by atoms with Gasteiger partial charge in [0.2, 0.25) is 0 Å². The monoisotopic (exact) mass is 1420 g/mol. The van der Waals surface area contributed by atoms with Gasteiger partial charge in [-0.05, 0) is 178 Å². The third-order valence-corrected chi connectivity index (χ3v) is 22.2. The highest BCUT2D eigenvalue weighted by atomic mass is 16.5. The van der Waals surface area contributed by atoms with Crippen LogP contribution >= 0.6 is 0 Å². The molecule has 6 heterocycles. The second-order valence-corrected chi connectivity index (χ2v) is 31.8. The molecule has 7 heteroatoms. The van der Waals surface area contributed by atoms with Crippen LogP contribution in [0.4, 0.5) is 34.1 Å². The molecule has 0 fully saturated rings. The van der Waals surface area contributed by atoms with E-state index in [1.807, 2.05) is 137 Å². The van der Waals surface area contributed by atoms with Gasteiger partial charge in [-0.1, -0.05) is 305 Å². The average Bonchev–Trinajstić information content (AvgIpc) is 1.63. The van der Waals surface area contributed by atoms with E-state index >= 15 is 0 Å². The lowest BCUT2D eigenvalue weighted by molar-refractivity contribution is 0.491. The first-order valence-electron chi connectivity index (χ1n) is 47.8. The Morgan fingerprint density at radius 1 is 0.312 bits per heavy atom. The van der Waals surface area contributed by atoms with Crippen molar-refractivity contribution in [2.24, 2.45) is 0 Å². The number of hydrogen-bond donors (Lipinski definition) is 0. The molecule has 5 nitrogen and oxygen atoms in total. The molecule has 0 amide bonds. The normalized spacial score (nSPS) is 16.2. The first-order valence-corrected chi connectivity index (χ1v) is 36.8. The number of benzene rings is 15. The number of hydrogen-bond acceptors (Lipinski definition) is 3. The number of rotatable bonds is 8. The molecule has 0 bridgehead atoms. The molecular weight excluding hydrogens is 1320 g/mol. The van der Waals surface area contributed by atoms with Crippen molar-refractivity contribution in [2.75, 3.05) is 9.80 Å². The molecule has 17 aromatic rings. The van der Waals surface area contributed by atoms with Crippen molar-refractivity contribution in [1.29, 1.82) is 0 Å². The Bertz CT molecular complexity index is 7830. The van der Waals surface area contributed by atoms with Gasteiger partial charge in [0.15, 0.2) is 0 Å². The largest absolute Gasteiger partial charge is 0.459 e. The van der Waals surface area contributed by atoms with Gasteiger partial charge in [0.05, 0.1) is 58.1 Å². The van der Waals surface area contributed by atoms with E-state index < -0.39 is 179 Å². The highest BCUT2D eigenvalue weighted by molar-refractivity contribution is 7.03. The number of para-hydroxylation sites is 4. The fourth-order valence-corrected chi connectivity index (χ4v) is 17.0. The van der Waals surface area contributed by atoms with Gasteiger partial charge in [-0.2, -0.15) is 0 Å². The Kier molecular flexibility index (Phi) is 10.1. The van der Waals surface area contributed by atoms with E-state index in [0.717, 1.165) is 15.7 Å². The van der Waals surface area contributed by atoms with Crippen LogP contribution in [0.15, 0.2) is 321 Å². The van der Waals surface area contributed by atoms with E-state index in [1.54, 1.807) is 30.3 Å². The molecule has 520 valence electrons. The van der Waals surface area contributed by atoms with Crippen molar-refractivity contribution >= 4 is 124 Å². The van der Waals surface area contributed by atoms with Gasteiger partial charge in [-0.3, -0.25) is 0 Å². The molecule has 15 aromatic carbocycles. The molecule has 0 spiro atoms. The lowest BCUT2D eigenvalue weighted by Crippen LogP contribution is -2.65. The summed E-state index contributed by atoms with van der Waals surface area (Å²) in [7, 11) is 0. The van der Waals surface area contributed by atoms with E-state index in [4.69, 9.17) is 4.74 Å². The molecule has 0 unspecified atom stereocenters. The molecule has 109 heavy (non-hydrogen) atoms. The summed E-state index contributed by atoms with van der Waals surface area (Å²) < 4.78 is 237. The molecule has 4 aliphatic rings. The average molecular weight is 1420 g/mol. The van der Waals surface area contributed by atoms with Crippen molar-refractivity contribution in [1.82, 2.24) is 9.13 Å². The van der Waals surface area contributed by atoms with Crippen LogP contribution in [0.25, 0.3) is 111 Å². The summed E-state index contributed by atoms with van der Waals surface area (Å²) in [5.41, 5.74) is 5.26. The Morgan fingerprint density at radius 2 is 0.725 bits per heavy atom. The molecule has 4 aliphatic heterocycles. The third kappa shape index (κ3) is 9.88. The van der Waals surface area contributed by atoms with Crippen LogP contribution < -0.4 is 47.3 Å². The van der Waals surface area contributed by atoms with Crippen molar-refractivity contribution in [2.45, 2.75) is 78.6 Å². The van der Waals surface area contributed by atoms with Crippen molar-refractivity contribution in [3.8, 4) is 78.5 Å². The van der Waals surface area contributed by atoms with E-state index in [2.05, 4.69) is 92.6 Å². The molecule has 0 N–H and O–H groups in total. The third-order valence-electron chi connectivity index (χ3n) is 22.2. The van der Waals surface area contributed by atoms with Gasteiger partial charge in [-0.15, -0.1) is 0 Å². The number of aromatic nitrogens is 2. The van der Waals surface area contributed by atoms with Crippen LogP contribution in [-0.2, 0) is 16.2 Å². The minimum absolute atomic E-state index is 0.0187. The van der Waals surface area contributed by atoms with E-state index in [9.17, 15) is 30.2 Å². The van der Waals surface area contributed by atoms with Crippen molar-refractivity contribution in [3.05, 3.63) is 338 Å². The topological polar surface area (TPSA) is 25.6 Å². The molecule has 0 radical (unpaired) electrons. The van der Waals surface area contributed by atoms with Gasteiger partial charge in [-0.25, -0.2) is 0 Å². The number of fused-ring (bicyclic) bond motifs is 15. The van der Waals surface area contributed by atoms with Gasteiger partial charge >= 0.3 is 0 Å². The lowest BCUT2D eigenvalue weighted by Gasteiger charge is -2.48. The van der Waals surface area contributed by atoms with Gasteiger partial charge in [0.1, 0.15) is 11.5 Å². The maximum atomic E-state index is 12.4. The maximum Gasteiger partial charge on any atom is 0.256 e. The fourth-order valence-electron chi connectivity index (χ4n) is 17.0. The van der Waals surface area contributed by atoms with Crippen molar-refractivity contribution in [3.63, 3.8) is 0 Å². The Hall–Kier alpha value is -12.6. The van der Waals surface area contributed by atoms with Crippen molar-refractivity contribution < 1.29 is 34.9 Å². The first-order chi connectivity index (χ1) is 62.2. The molecular formula is C102H80B2N4O. The summed E-state index contributed by atoms with van der Waals surface area (Å²) in [4.78, 5) is 3.96. The lowest BCUT2D eigenvalue weighted by atomic mass is 9.30. The zero-order chi connectivity index (χ0) is 92.7. The maximum absolute atomic E-state index is 12.4. The van der Waals surface area contributed by atoms with E-state index in [-0.39, 0.29) is 94.0 Å². The molecule has 21 rings (SSSR count). The Balaban J connectivity index is 1.07. The molecule has 2 aromatic heterocycles. The minimum Gasteiger partial charge on any atom is -0.459 e. The summed E-state index contributed by atoms with van der Waals surface area (Å²) in [6.45, 7) is 15.5. The van der Waals surface area contributed by atoms with Gasteiger partial charge in [0.25, 0.3) is 13.4 Å². The van der Waals surface area contributed by atoms with Crippen LogP contribution in [0, 0.1) is 0 Å². The van der Waals surface area contributed by atoms with Crippen LogP contribution in [-0.4, -0.2) is 22.6 Å². The Labute approximate surface area is 669 Å². The fraction of sp³-hybridized carbons (Fsp3) is 0.118. The van der Waals surface area contributed by atoms with Crippen LogP contribution in [0.5, 0.6) is 11.5 Å². The van der Waals surface area contributed by atoms with E-state index in [1.165, 1.54) is 4.57 Å². The molecule has 0 saturated heterocycles. The summed E-state index contributed by atoms with van der Waals surface area (Å²) in [6, 6.07) is 46.0. The van der Waals surface area contributed by atoms with E-state index in [0.29, 0.717) is 83.8 Å². The summed E-state index contributed by atoms with van der Waals surface area (Å²) in [5, 5.41) is -1.11. The summed E-state index contributed by atoms with van der Waals surface area (Å²) in [6.07, 6.45) is 0. The second kappa shape index (κ2) is 24.0. The SMILES string of the molecule is [2H]c1c([2H])c(-c2ccccc2)c([2H])c2c1B1c3c(c4c(c([2H])c3-n3c5c([2H])c([2H])c([2H])c([2H])c5c5c([2H])c([2H])c([2H])c1c53)N(c1c(-c3ccccc3)cc(C(C)(C)C)cc1-c1ccccc1)c1cc(C(C)(C)C)cc3c1B4c1c([2H])c([2H])c(-n4c5c([2H])c([2H])c([2H])c([2H])c5c5c([2H])c([2H])c([2H])c([2H])c54)c([2H])c1N3c1c(-c3ccccc3)cc(C(C)(C)C)cc1-c1ccccc1)O2. The predicted molar refractivity (Wildman–Crippen MR) is 464 cm³/mol. The first kappa shape index (κ1) is 45.8. The Morgan fingerprint density at radius 3 is 1.21 bits per heavy atom. The molecule has 0 aliphatic carbocycles. The number of nitrogens with zero attached hydrogens (tertiary/aromatic N) is 4.